The molecule has 0 aliphatic carbocycles. The van der Waals surface area contributed by atoms with Crippen LogP contribution in [0.2, 0.25) is 0 Å². The zero-order valence-electron chi connectivity index (χ0n) is 16.8. The van der Waals surface area contributed by atoms with Gasteiger partial charge in [-0.1, -0.05) is 41.6 Å². The van der Waals surface area contributed by atoms with Crippen molar-refractivity contribution >= 4 is 5.91 Å². The van der Waals surface area contributed by atoms with E-state index in [4.69, 9.17) is 4.52 Å². The highest BCUT2D eigenvalue weighted by Gasteiger charge is 2.21. The minimum atomic E-state index is -0.171. The number of pyridine rings is 1. The van der Waals surface area contributed by atoms with Crippen molar-refractivity contribution in [3.8, 4) is 11.3 Å². The predicted molar refractivity (Wildman–Crippen MR) is 111 cm³/mol. The van der Waals surface area contributed by atoms with Gasteiger partial charge in [-0.3, -0.25) is 9.78 Å². The number of aromatic nitrogens is 4. The molecule has 3 heterocycles. The first-order chi connectivity index (χ1) is 14.6. The smallest absolute Gasteiger partial charge is 0.273 e. The van der Waals surface area contributed by atoms with Gasteiger partial charge in [0.25, 0.3) is 5.91 Å². The van der Waals surface area contributed by atoms with Gasteiger partial charge in [-0.2, -0.15) is 0 Å². The SMILES string of the molecule is Cc1cc(-c2cnc(C)nc2CN(Cc2ccccc2)C(=O)c2ccccn2)on1. The van der Waals surface area contributed by atoms with Crippen LogP contribution in [0.3, 0.4) is 0 Å². The molecule has 0 radical (unpaired) electrons. The lowest BCUT2D eigenvalue weighted by Gasteiger charge is -2.23. The Morgan fingerprint density at radius 3 is 2.50 bits per heavy atom. The van der Waals surface area contributed by atoms with Gasteiger partial charge in [-0.15, -0.1) is 0 Å². The van der Waals surface area contributed by atoms with Crippen LogP contribution in [0.15, 0.2) is 71.5 Å². The van der Waals surface area contributed by atoms with Crippen molar-refractivity contribution in [3.05, 3.63) is 95.5 Å². The van der Waals surface area contributed by atoms with Crippen LogP contribution >= 0.6 is 0 Å². The fraction of sp³-hybridized carbons (Fsp3) is 0.174. The molecular weight excluding hydrogens is 378 g/mol. The normalized spacial score (nSPS) is 10.7. The minimum absolute atomic E-state index is 0.171. The Hall–Kier alpha value is -3.87. The van der Waals surface area contributed by atoms with Crippen LogP contribution in [0.4, 0.5) is 0 Å². The molecule has 0 saturated heterocycles. The third-order valence-electron chi connectivity index (χ3n) is 4.61. The molecule has 0 fully saturated rings. The molecule has 150 valence electrons. The van der Waals surface area contributed by atoms with Gasteiger partial charge in [0.05, 0.1) is 23.5 Å². The van der Waals surface area contributed by atoms with Crippen LogP contribution in [0.5, 0.6) is 0 Å². The highest BCUT2D eigenvalue weighted by molar-refractivity contribution is 5.92. The second kappa shape index (κ2) is 8.65. The monoisotopic (exact) mass is 399 g/mol. The maximum absolute atomic E-state index is 13.3. The first-order valence-electron chi connectivity index (χ1n) is 9.60. The van der Waals surface area contributed by atoms with Crippen molar-refractivity contribution in [2.75, 3.05) is 0 Å². The number of carbonyl (C=O) groups excluding carboxylic acids is 1. The van der Waals surface area contributed by atoms with E-state index in [2.05, 4.69) is 20.1 Å². The average molecular weight is 399 g/mol. The fourth-order valence-electron chi connectivity index (χ4n) is 3.17. The number of benzene rings is 1. The zero-order chi connectivity index (χ0) is 20.9. The van der Waals surface area contributed by atoms with Crippen LogP contribution in [-0.2, 0) is 13.1 Å². The minimum Gasteiger partial charge on any atom is -0.356 e. The van der Waals surface area contributed by atoms with Gasteiger partial charge in [0.15, 0.2) is 5.76 Å². The molecule has 7 heteroatoms. The maximum atomic E-state index is 13.3. The molecule has 30 heavy (non-hydrogen) atoms. The second-order valence-electron chi connectivity index (χ2n) is 6.97. The molecule has 1 amide bonds. The fourth-order valence-corrected chi connectivity index (χ4v) is 3.17. The summed E-state index contributed by atoms with van der Waals surface area (Å²) in [5.41, 5.74) is 3.58. The molecule has 0 aliphatic heterocycles. The lowest BCUT2D eigenvalue weighted by molar-refractivity contribution is 0.0722. The van der Waals surface area contributed by atoms with Gasteiger partial charge in [0.2, 0.25) is 0 Å². The Labute approximate surface area is 174 Å². The first kappa shape index (κ1) is 19.4. The van der Waals surface area contributed by atoms with Crippen LogP contribution in [-0.4, -0.2) is 30.9 Å². The van der Waals surface area contributed by atoms with Gasteiger partial charge in [0.1, 0.15) is 11.5 Å². The van der Waals surface area contributed by atoms with Gasteiger partial charge < -0.3 is 9.42 Å². The molecule has 4 rings (SSSR count). The summed E-state index contributed by atoms with van der Waals surface area (Å²) in [4.78, 5) is 28.1. The quantitative estimate of drug-likeness (QED) is 0.487. The molecule has 0 bridgehead atoms. The van der Waals surface area contributed by atoms with Crippen LogP contribution in [0.1, 0.15) is 33.3 Å². The van der Waals surface area contributed by atoms with E-state index in [1.807, 2.05) is 50.2 Å². The van der Waals surface area contributed by atoms with E-state index in [1.54, 1.807) is 35.5 Å². The Morgan fingerprint density at radius 1 is 1.00 bits per heavy atom. The molecule has 0 atom stereocenters. The second-order valence-corrected chi connectivity index (χ2v) is 6.97. The summed E-state index contributed by atoms with van der Waals surface area (Å²) < 4.78 is 5.43. The molecule has 0 aliphatic rings. The molecule has 0 spiro atoms. The summed E-state index contributed by atoms with van der Waals surface area (Å²) in [6.45, 7) is 4.38. The molecule has 3 aromatic heterocycles. The van der Waals surface area contributed by atoms with E-state index in [1.165, 1.54) is 0 Å². The number of hydrogen-bond acceptors (Lipinski definition) is 6. The number of amides is 1. The standard InChI is InChI=1S/C23H21N5O2/c1-16-12-22(30-27-16)19-13-25-17(2)26-21(19)15-28(14-18-8-4-3-5-9-18)23(29)20-10-6-7-11-24-20/h3-13H,14-15H2,1-2H3. The number of rotatable bonds is 6. The summed E-state index contributed by atoms with van der Waals surface area (Å²) in [5, 5.41) is 3.97. The van der Waals surface area contributed by atoms with Crippen LogP contribution in [0.25, 0.3) is 11.3 Å². The summed E-state index contributed by atoms with van der Waals surface area (Å²) in [6.07, 6.45) is 3.33. The zero-order valence-corrected chi connectivity index (χ0v) is 16.8. The van der Waals surface area contributed by atoms with Gasteiger partial charge in [-0.25, -0.2) is 9.97 Å². The Balaban J connectivity index is 1.71. The summed E-state index contributed by atoms with van der Waals surface area (Å²) in [5.74, 6) is 1.03. The third kappa shape index (κ3) is 4.41. The summed E-state index contributed by atoms with van der Waals surface area (Å²) >= 11 is 0. The lowest BCUT2D eigenvalue weighted by Crippen LogP contribution is -2.31. The van der Waals surface area contributed by atoms with E-state index in [0.717, 1.165) is 11.3 Å². The van der Waals surface area contributed by atoms with Crippen molar-refractivity contribution in [3.63, 3.8) is 0 Å². The van der Waals surface area contributed by atoms with Crippen molar-refractivity contribution in [2.24, 2.45) is 0 Å². The molecule has 0 N–H and O–H groups in total. The maximum Gasteiger partial charge on any atom is 0.273 e. The number of nitrogens with zero attached hydrogens (tertiary/aromatic N) is 5. The average Bonchev–Trinajstić information content (AvgIpc) is 3.20. The molecule has 0 unspecified atom stereocenters. The molecule has 0 saturated carbocycles. The van der Waals surface area contributed by atoms with Crippen LogP contribution < -0.4 is 0 Å². The topological polar surface area (TPSA) is 85.0 Å². The molecular formula is C23H21N5O2. The molecule has 7 nitrogen and oxygen atoms in total. The largest absolute Gasteiger partial charge is 0.356 e. The van der Waals surface area contributed by atoms with Gasteiger partial charge >= 0.3 is 0 Å². The Morgan fingerprint density at radius 2 is 1.80 bits per heavy atom. The Kier molecular flexibility index (Phi) is 5.61. The molecule has 4 aromatic rings. The first-order valence-corrected chi connectivity index (χ1v) is 9.60. The number of aryl methyl sites for hydroxylation is 2. The third-order valence-corrected chi connectivity index (χ3v) is 4.61. The van der Waals surface area contributed by atoms with Crippen molar-refractivity contribution in [1.82, 2.24) is 25.0 Å². The van der Waals surface area contributed by atoms with Gasteiger partial charge in [-0.05, 0) is 31.5 Å². The van der Waals surface area contributed by atoms with Crippen LogP contribution in [0, 0.1) is 13.8 Å². The van der Waals surface area contributed by atoms with E-state index < -0.39 is 0 Å². The van der Waals surface area contributed by atoms with Gasteiger partial charge in [0, 0.05) is 25.0 Å². The van der Waals surface area contributed by atoms with E-state index in [-0.39, 0.29) is 12.5 Å². The Bertz CT molecular complexity index is 1140. The summed E-state index contributed by atoms with van der Waals surface area (Å²) in [7, 11) is 0. The number of hydrogen-bond donors (Lipinski definition) is 0. The predicted octanol–water partition coefficient (Wildman–Crippen LogP) is 3.99. The van der Waals surface area contributed by atoms with Crippen molar-refractivity contribution in [1.29, 1.82) is 0 Å². The summed E-state index contributed by atoms with van der Waals surface area (Å²) in [6, 6.07) is 17.0. The number of carbonyl (C=O) groups is 1. The lowest BCUT2D eigenvalue weighted by atomic mass is 10.1. The van der Waals surface area contributed by atoms with Crippen molar-refractivity contribution < 1.29 is 9.32 Å². The van der Waals surface area contributed by atoms with E-state index in [9.17, 15) is 4.79 Å². The van der Waals surface area contributed by atoms with Crippen molar-refractivity contribution in [2.45, 2.75) is 26.9 Å². The highest BCUT2D eigenvalue weighted by Crippen LogP contribution is 2.25. The highest BCUT2D eigenvalue weighted by atomic mass is 16.5. The molecule has 1 aromatic carbocycles. The van der Waals surface area contributed by atoms with E-state index in [0.29, 0.717) is 35.1 Å². The van der Waals surface area contributed by atoms with E-state index >= 15 is 0 Å².